The van der Waals surface area contributed by atoms with E-state index in [1.807, 2.05) is 19.1 Å². The molecule has 0 aliphatic carbocycles. The highest BCUT2D eigenvalue weighted by atomic mass is 35.5. The van der Waals surface area contributed by atoms with Gasteiger partial charge in [0.25, 0.3) is 5.91 Å². The maximum Gasteiger partial charge on any atom is 0.256 e. The number of ether oxygens (including phenoxy) is 3. The number of nitrogens with one attached hydrogen (secondary N) is 1. The topological polar surface area (TPSA) is 80.3 Å². The normalized spacial score (nSPS) is 14.9. The first-order chi connectivity index (χ1) is 18.8. The van der Waals surface area contributed by atoms with Gasteiger partial charge >= 0.3 is 0 Å². The summed E-state index contributed by atoms with van der Waals surface area (Å²) >= 11 is 11.8. The van der Waals surface area contributed by atoms with Gasteiger partial charge in [-0.05, 0) is 84.9 Å². The third-order valence-electron chi connectivity index (χ3n) is 6.19. The molecule has 1 fully saturated rings. The SMILES string of the molecule is CCCOc1ccc(NC(=O)CC2C(=O)N(c3ccc(Cl)cc3)C(=S)N2Cc2ccc(OC)c(OC)c2)cc1. The van der Waals surface area contributed by atoms with Crippen LogP contribution in [0.1, 0.15) is 25.3 Å². The summed E-state index contributed by atoms with van der Waals surface area (Å²) in [5.41, 5.74) is 2.03. The largest absolute Gasteiger partial charge is 0.494 e. The lowest BCUT2D eigenvalue weighted by Crippen LogP contribution is -2.37. The zero-order chi connectivity index (χ0) is 27.9. The van der Waals surface area contributed by atoms with Crippen molar-refractivity contribution in [3.63, 3.8) is 0 Å². The van der Waals surface area contributed by atoms with Crippen molar-refractivity contribution >= 4 is 52.1 Å². The Kier molecular flexibility index (Phi) is 9.27. The van der Waals surface area contributed by atoms with Crippen molar-refractivity contribution in [2.75, 3.05) is 31.0 Å². The van der Waals surface area contributed by atoms with Crippen LogP contribution in [0, 0.1) is 0 Å². The van der Waals surface area contributed by atoms with E-state index in [0.29, 0.717) is 39.6 Å². The van der Waals surface area contributed by atoms with Gasteiger partial charge in [-0.3, -0.25) is 14.5 Å². The molecule has 2 amide bonds. The summed E-state index contributed by atoms with van der Waals surface area (Å²) in [5.74, 6) is 1.27. The van der Waals surface area contributed by atoms with Crippen LogP contribution in [-0.4, -0.2) is 48.7 Å². The molecule has 0 saturated carbocycles. The Bertz CT molecular complexity index is 1330. The maximum absolute atomic E-state index is 13.7. The van der Waals surface area contributed by atoms with Gasteiger partial charge in [0.15, 0.2) is 16.6 Å². The van der Waals surface area contributed by atoms with Gasteiger partial charge in [-0.1, -0.05) is 24.6 Å². The number of methoxy groups -OCH3 is 2. The van der Waals surface area contributed by atoms with Gasteiger partial charge in [0, 0.05) is 17.3 Å². The van der Waals surface area contributed by atoms with Crippen molar-refractivity contribution in [2.45, 2.75) is 32.4 Å². The maximum atomic E-state index is 13.7. The average molecular weight is 568 g/mol. The highest BCUT2D eigenvalue weighted by molar-refractivity contribution is 7.80. The Balaban J connectivity index is 1.57. The molecule has 1 heterocycles. The number of anilines is 2. The molecule has 204 valence electrons. The molecule has 1 N–H and O–H groups in total. The van der Waals surface area contributed by atoms with Gasteiger partial charge in [0.2, 0.25) is 5.91 Å². The lowest BCUT2D eigenvalue weighted by Gasteiger charge is -2.24. The second-order valence-corrected chi connectivity index (χ2v) is 9.69. The molecule has 1 saturated heterocycles. The van der Waals surface area contributed by atoms with Crippen molar-refractivity contribution in [1.29, 1.82) is 0 Å². The molecule has 1 aliphatic rings. The van der Waals surface area contributed by atoms with E-state index < -0.39 is 6.04 Å². The number of hydrogen-bond donors (Lipinski definition) is 1. The molecular weight excluding hydrogens is 538 g/mol. The minimum atomic E-state index is -0.812. The summed E-state index contributed by atoms with van der Waals surface area (Å²) in [6.45, 7) is 2.94. The molecule has 3 aromatic rings. The Labute approximate surface area is 238 Å². The lowest BCUT2D eigenvalue weighted by molar-refractivity contribution is -0.124. The Morgan fingerprint density at radius 1 is 1.00 bits per heavy atom. The van der Waals surface area contributed by atoms with Gasteiger partial charge in [0.1, 0.15) is 11.8 Å². The van der Waals surface area contributed by atoms with Crippen molar-refractivity contribution in [3.05, 3.63) is 77.3 Å². The number of carbonyl (C=O) groups is 2. The fourth-order valence-electron chi connectivity index (χ4n) is 4.26. The van der Waals surface area contributed by atoms with Gasteiger partial charge in [-0.15, -0.1) is 0 Å². The number of hydrogen-bond acceptors (Lipinski definition) is 6. The first-order valence-electron chi connectivity index (χ1n) is 12.5. The second kappa shape index (κ2) is 12.8. The number of benzene rings is 3. The summed E-state index contributed by atoms with van der Waals surface area (Å²) in [6.07, 6.45) is 0.813. The van der Waals surface area contributed by atoms with Crippen LogP contribution in [0.15, 0.2) is 66.7 Å². The fraction of sp³-hybridized carbons (Fsp3) is 0.276. The zero-order valence-electron chi connectivity index (χ0n) is 22.0. The molecule has 4 rings (SSSR count). The van der Waals surface area contributed by atoms with Crippen molar-refractivity contribution < 1.29 is 23.8 Å². The average Bonchev–Trinajstić information content (AvgIpc) is 3.16. The lowest BCUT2D eigenvalue weighted by atomic mass is 10.1. The number of rotatable bonds is 11. The molecule has 10 heteroatoms. The monoisotopic (exact) mass is 567 g/mol. The summed E-state index contributed by atoms with van der Waals surface area (Å²) in [7, 11) is 3.12. The van der Waals surface area contributed by atoms with Crippen molar-refractivity contribution in [2.24, 2.45) is 0 Å². The molecular formula is C29H30ClN3O5S. The molecule has 39 heavy (non-hydrogen) atoms. The van der Waals surface area contributed by atoms with Gasteiger partial charge in [-0.25, -0.2) is 0 Å². The smallest absolute Gasteiger partial charge is 0.256 e. The van der Waals surface area contributed by atoms with Crippen molar-refractivity contribution in [3.8, 4) is 17.2 Å². The number of halogens is 1. The number of nitrogens with zero attached hydrogens (tertiary/aromatic N) is 2. The van der Waals surface area contributed by atoms with E-state index in [-0.39, 0.29) is 24.8 Å². The van der Waals surface area contributed by atoms with Crippen LogP contribution in [0.3, 0.4) is 0 Å². The van der Waals surface area contributed by atoms with Crippen LogP contribution in [0.5, 0.6) is 17.2 Å². The Hall–Kier alpha value is -3.82. The number of thiocarbonyl (C=S) groups is 1. The first kappa shape index (κ1) is 28.2. The fourth-order valence-corrected chi connectivity index (χ4v) is 4.77. The van der Waals surface area contributed by atoms with Gasteiger partial charge in [-0.2, -0.15) is 0 Å². The third kappa shape index (κ3) is 6.61. The Morgan fingerprint density at radius 2 is 1.69 bits per heavy atom. The second-order valence-electron chi connectivity index (χ2n) is 8.89. The predicted octanol–water partition coefficient (Wildman–Crippen LogP) is 5.68. The molecule has 0 aromatic heterocycles. The highest BCUT2D eigenvalue weighted by Gasteiger charge is 2.44. The van der Waals surface area contributed by atoms with E-state index >= 15 is 0 Å². The molecule has 0 spiro atoms. The summed E-state index contributed by atoms with van der Waals surface area (Å²) < 4.78 is 16.4. The van der Waals surface area contributed by atoms with E-state index in [2.05, 4.69) is 5.32 Å². The van der Waals surface area contributed by atoms with Crippen LogP contribution < -0.4 is 24.4 Å². The molecule has 3 aromatic carbocycles. The predicted molar refractivity (Wildman–Crippen MR) is 156 cm³/mol. The highest BCUT2D eigenvalue weighted by Crippen LogP contribution is 2.32. The molecule has 1 aliphatic heterocycles. The van der Waals surface area contributed by atoms with Gasteiger partial charge < -0.3 is 24.4 Å². The van der Waals surface area contributed by atoms with E-state index in [9.17, 15) is 9.59 Å². The first-order valence-corrected chi connectivity index (χ1v) is 13.3. The van der Waals surface area contributed by atoms with Crippen LogP contribution in [0.4, 0.5) is 11.4 Å². The molecule has 1 atom stereocenters. The summed E-state index contributed by atoms with van der Waals surface area (Å²) in [6, 6.07) is 18.7. The number of carbonyl (C=O) groups excluding carboxylic acids is 2. The number of amides is 2. The van der Waals surface area contributed by atoms with E-state index in [0.717, 1.165) is 17.7 Å². The van der Waals surface area contributed by atoms with Crippen LogP contribution in [-0.2, 0) is 16.1 Å². The standard InChI is InChI=1S/C29H30ClN3O5S/c1-4-15-38-23-12-8-21(9-13-23)31-27(34)17-24-28(35)33(22-10-6-20(30)7-11-22)29(39)32(24)18-19-5-14-25(36-2)26(16-19)37-3/h5-14,16,24H,4,15,17-18H2,1-3H3,(H,31,34). The molecule has 1 unspecified atom stereocenters. The van der Waals surface area contributed by atoms with Crippen molar-refractivity contribution in [1.82, 2.24) is 4.90 Å². The molecule has 0 radical (unpaired) electrons. The van der Waals surface area contributed by atoms with Gasteiger partial charge in [0.05, 0.1) is 32.9 Å². The molecule has 0 bridgehead atoms. The molecule has 8 nitrogen and oxygen atoms in total. The zero-order valence-corrected chi connectivity index (χ0v) is 23.6. The summed E-state index contributed by atoms with van der Waals surface area (Å²) in [4.78, 5) is 30.0. The van der Waals surface area contributed by atoms with E-state index in [4.69, 9.17) is 38.0 Å². The van der Waals surface area contributed by atoms with Crippen LogP contribution in [0.25, 0.3) is 0 Å². The third-order valence-corrected chi connectivity index (χ3v) is 6.86. The van der Waals surface area contributed by atoms with Crippen LogP contribution in [0.2, 0.25) is 5.02 Å². The summed E-state index contributed by atoms with van der Waals surface area (Å²) in [5, 5.41) is 3.72. The quantitative estimate of drug-likeness (QED) is 0.299. The minimum absolute atomic E-state index is 0.0928. The minimum Gasteiger partial charge on any atom is -0.494 e. The van der Waals surface area contributed by atoms with E-state index in [1.54, 1.807) is 73.7 Å². The Morgan fingerprint density at radius 3 is 2.33 bits per heavy atom. The van der Waals surface area contributed by atoms with Crippen LogP contribution >= 0.6 is 23.8 Å². The van der Waals surface area contributed by atoms with E-state index in [1.165, 1.54) is 4.90 Å².